The Hall–Kier alpha value is -2.82. The summed E-state index contributed by atoms with van der Waals surface area (Å²) in [5, 5.41) is 28.1. The van der Waals surface area contributed by atoms with Crippen LogP contribution in [-0.2, 0) is 4.79 Å². The largest absolute Gasteiger partial charge is 0.504 e. The van der Waals surface area contributed by atoms with Crippen molar-refractivity contribution in [3.8, 4) is 17.2 Å². The molecule has 0 aliphatic carbocycles. The lowest BCUT2D eigenvalue weighted by molar-refractivity contribution is -0.119. The van der Waals surface area contributed by atoms with E-state index in [-0.39, 0.29) is 5.56 Å². The number of carbonyl (C=O) groups excluding carboxylic acids is 2. The number of carbonyl (C=O) groups is 2. The molecule has 5 nitrogen and oxygen atoms in total. The van der Waals surface area contributed by atoms with Crippen LogP contribution in [0, 0.1) is 0 Å². The molecule has 0 bridgehead atoms. The van der Waals surface area contributed by atoms with Crippen molar-refractivity contribution in [1.82, 2.24) is 0 Å². The van der Waals surface area contributed by atoms with Crippen LogP contribution in [0.3, 0.4) is 0 Å². The van der Waals surface area contributed by atoms with Crippen molar-refractivity contribution in [3.05, 3.63) is 53.6 Å². The molecule has 3 N–H and O–H groups in total. The van der Waals surface area contributed by atoms with Crippen LogP contribution in [0.5, 0.6) is 17.2 Å². The van der Waals surface area contributed by atoms with Gasteiger partial charge in [0.15, 0.2) is 17.3 Å². The number of unbranched alkanes of at least 4 members (excludes halogenated alkanes) is 6. The Morgan fingerprint density at radius 3 is 1.74 bits per heavy atom. The Balaban J connectivity index is 0.000000318. The SMILES string of the molecule is CCCCCCC(=O)CCCCCC.O=C(c1ccccc1)c1ccc(O)c(O)c1O. The fourth-order valence-corrected chi connectivity index (χ4v) is 3.12. The van der Waals surface area contributed by atoms with Gasteiger partial charge in [0.25, 0.3) is 0 Å². The van der Waals surface area contributed by atoms with Gasteiger partial charge in [0.05, 0.1) is 5.56 Å². The third-order valence-corrected chi connectivity index (χ3v) is 5.03. The van der Waals surface area contributed by atoms with Crippen LogP contribution < -0.4 is 0 Å². The van der Waals surface area contributed by atoms with Crippen molar-refractivity contribution in [2.24, 2.45) is 0 Å². The minimum absolute atomic E-state index is 0.0495. The summed E-state index contributed by atoms with van der Waals surface area (Å²) in [6.45, 7) is 4.40. The Bertz CT molecular complexity index is 785. The first kappa shape index (κ1) is 26.2. The van der Waals surface area contributed by atoms with Crippen molar-refractivity contribution < 1.29 is 24.9 Å². The lowest BCUT2D eigenvalue weighted by Gasteiger charge is -2.06. The smallest absolute Gasteiger partial charge is 0.201 e. The van der Waals surface area contributed by atoms with Crippen LogP contribution in [0.15, 0.2) is 42.5 Å². The molecule has 0 saturated carbocycles. The molecular formula is C26H36O5. The average molecular weight is 429 g/mol. The normalized spacial score (nSPS) is 10.3. The number of phenolic OH excluding ortho intramolecular Hbond substituents is 3. The fraction of sp³-hybridized carbons (Fsp3) is 0.462. The molecule has 2 aromatic rings. The summed E-state index contributed by atoms with van der Waals surface area (Å²) in [4.78, 5) is 23.3. The van der Waals surface area contributed by atoms with Gasteiger partial charge in [0.1, 0.15) is 5.78 Å². The average Bonchev–Trinajstić information content (AvgIpc) is 2.79. The summed E-state index contributed by atoms with van der Waals surface area (Å²) >= 11 is 0. The van der Waals surface area contributed by atoms with Crippen molar-refractivity contribution in [3.63, 3.8) is 0 Å². The molecule has 0 aromatic heterocycles. The maximum Gasteiger partial charge on any atom is 0.201 e. The number of phenols is 3. The highest BCUT2D eigenvalue weighted by Crippen LogP contribution is 2.37. The summed E-state index contributed by atoms with van der Waals surface area (Å²) in [5.74, 6) is -1.70. The Morgan fingerprint density at radius 2 is 1.23 bits per heavy atom. The van der Waals surface area contributed by atoms with Crippen LogP contribution in [0.1, 0.15) is 94.0 Å². The van der Waals surface area contributed by atoms with E-state index in [1.165, 1.54) is 44.6 Å². The molecular weight excluding hydrogens is 392 g/mol. The van der Waals surface area contributed by atoms with Crippen molar-refractivity contribution in [1.29, 1.82) is 0 Å². The predicted octanol–water partition coefficient (Wildman–Crippen LogP) is 6.53. The van der Waals surface area contributed by atoms with Gasteiger partial charge >= 0.3 is 0 Å². The fourth-order valence-electron chi connectivity index (χ4n) is 3.12. The van der Waals surface area contributed by atoms with E-state index in [1.807, 2.05) is 0 Å². The van der Waals surface area contributed by atoms with E-state index >= 15 is 0 Å². The van der Waals surface area contributed by atoms with E-state index in [2.05, 4.69) is 13.8 Å². The van der Waals surface area contributed by atoms with Crippen molar-refractivity contribution in [2.45, 2.75) is 78.1 Å². The van der Waals surface area contributed by atoms with E-state index in [0.717, 1.165) is 31.7 Å². The molecule has 0 fully saturated rings. The zero-order valence-electron chi connectivity index (χ0n) is 18.8. The summed E-state index contributed by atoms with van der Waals surface area (Å²) in [7, 11) is 0. The zero-order chi connectivity index (χ0) is 23.1. The van der Waals surface area contributed by atoms with E-state index in [4.69, 9.17) is 5.11 Å². The molecule has 0 radical (unpaired) electrons. The number of benzene rings is 2. The van der Waals surface area contributed by atoms with Gasteiger partial charge < -0.3 is 15.3 Å². The van der Waals surface area contributed by atoms with Crippen LogP contribution in [0.25, 0.3) is 0 Å². The second-order valence-corrected chi connectivity index (χ2v) is 7.68. The van der Waals surface area contributed by atoms with Crippen molar-refractivity contribution in [2.75, 3.05) is 0 Å². The molecule has 170 valence electrons. The molecule has 31 heavy (non-hydrogen) atoms. The quantitative estimate of drug-likeness (QED) is 0.203. The molecule has 0 amide bonds. The highest BCUT2D eigenvalue weighted by Gasteiger charge is 2.18. The molecule has 0 aliphatic heterocycles. The van der Waals surface area contributed by atoms with Crippen LogP contribution >= 0.6 is 0 Å². The van der Waals surface area contributed by atoms with E-state index in [0.29, 0.717) is 11.3 Å². The predicted molar refractivity (Wildman–Crippen MR) is 124 cm³/mol. The van der Waals surface area contributed by atoms with Crippen LogP contribution in [0.2, 0.25) is 0 Å². The topological polar surface area (TPSA) is 94.8 Å². The summed E-state index contributed by atoms with van der Waals surface area (Å²) in [6.07, 6.45) is 11.4. The molecule has 0 aliphatic rings. The van der Waals surface area contributed by atoms with E-state index < -0.39 is 23.0 Å². The molecule has 0 atom stereocenters. The van der Waals surface area contributed by atoms with Crippen LogP contribution in [0.4, 0.5) is 0 Å². The first-order valence-corrected chi connectivity index (χ1v) is 11.3. The number of hydrogen-bond donors (Lipinski definition) is 3. The zero-order valence-corrected chi connectivity index (χ0v) is 18.8. The summed E-state index contributed by atoms with van der Waals surface area (Å²) in [6, 6.07) is 10.8. The molecule has 0 spiro atoms. The number of Topliss-reactive ketones (excluding diaryl/α,β-unsaturated/α-hetero) is 1. The monoisotopic (exact) mass is 428 g/mol. The van der Waals surface area contributed by atoms with Crippen LogP contribution in [-0.4, -0.2) is 26.9 Å². The van der Waals surface area contributed by atoms with Gasteiger partial charge in [-0.25, -0.2) is 0 Å². The molecule has 5 heteroatoms. The molecule has 0 heterocycles. The van der Waals surface area contributed by atoms with Gasteiger partial charge in [0.2, 0.25) is 5.75 Å². The van der Waals surface area contributed by atoms with Gasteiger partial charge in [-0.2, -0.15) is 0 Å². The highest BCUT2D eigenvalue weighted by molar-refractivity contribution is 6.11. The molecule has 0 unspecified atom stereocenters. The summed E-state index contributed by atoms with van der Waals surface area (Å²) in [5.41, 5.74) is 0.347. The number of rotatable bonds is 12. The van der Waals surface area contributed by atoms with Gasteiger partial charge in [0, 0.05) is 18.4 Å². The second kappa shape index (κ2) is 15.1. The number of aromatic hydroxyl groups is 3. The van der Waals surface area contributed by atoms with E-state index in [9.17, 15) is 19.8 Å². The van der Waals surface area contributed by atoms with Gasteiger partial charge in [-0.1, -0.05) is 82.7 Å². The molecule has 0 saturated heterocycles. The molecule has 2 aromatic carbocycles. The third-order valence-electron chi connectivity index (χ3n) is 5.03. The first-order chi connectivity index (χ1) is 14.9. The first-order valence-electron chi connectivity index (χ1n) is 11.3. The number of hydrogen-bond acceptors (Lipinski definition) is 5. The summed E-state index contributed by atoms with van der Waals surface area (Å²) < 4.78 is 0. The minimum atomic E-state index is -0.688. The van der Waals surface area contributed by atoms with Crippen molar-refractivity contribution >= 4 is 11.6 Å². The Kier molecular flexibility index (Phi) is 12.7. The highest BCUT2D eigenvalue weighted by atomic mass is 16.3. The third kappa shape index (κ3) is 9.69. The molecule has 2 rings (SSSR count). The van der Waals surface area contributed by atoms with Gasteiger partial charge in [-0.3, -0.25) is 9.59 Å². The second-order valence-electron chi connectivity index (χ2n) is 7.68. The minimum Gasteiger partial charge on any atom is -0.504 e. The van der Waals surface area contributed by atoms with E-state index in [1.54, 1.807) is 30.3 Å². The Labute approximate surface area is 185 Å². The van der Waals surface area contributed by atoms with Gasteiger partial charge in [-0.15, -0.1) is 0 Å². The lowest BCUT2D eigenvalue weighted by atomic mass is 10.0. The standard InChI is InChI=1S/C13H10O4.C13H26O/c14-10-7-6-9(12(16)13(10)17)11(15)8-4-2-1-3-5-8;1-3-5-7-9-11-13(14)12-10-8-6-4-2/h1-7,14,16-17H;3-12H2,1-2H3. The maximum atomic E-state index is 12.0. The Morgan fingerprint density at radius 1 is 0.677 bits per heavy atom. The number of ketones is 2. The van der Waals surface area contributed by atoms with Gasteiger partial charge in [-0.05, 0) is 25.0 Å². The lowest BCUT2D eigenvalue weighted by Crippen LogP contribution is -2.01. The maximum absolute atomic E-state index is 12.0.